The largest absolute Gasteiger partial charge is 0.454 e. The highest BCUT2D eigenvalue weighted by atomic mass is 19.1. The lowest BCUT2D eigenvalue weighted by Crippen LogP contribution is -2.31. The summed E-state index contributed by atoms with van der Waals surface area (Å²) >= 11 is 0. The van der Waals surface area contributed by atoms with Gasteiger partial charge in [0.25, 0.3) is 0 Å². The third kappa shape index (κ3) is 4.22. The molecule has 7 aromatic rings. The molecular weight excluding hydrogens is 505 g/mol. The topological polar surface area (TPSA) is 17.0 Å². The van der Waals surface area contributed by atoms with Crippen LogP contribution in [0.15, 0.2) is 126 Å². The smallest absolute Gasteiger partial charge is 0.216 e. The summed E-state index contributed by atoms with van der Waals surface area (Å²) in [6.45, 7) is 4.24. The lowest BCUT2D eigenvalue weighted by Gasteiger charge is -2.10. The standard InChI is InChI=1S/C38H29FNO/c1-24-17-18-30-31-19-20-33(39)36(29-16-10-15-28(21-29)26-11-6-4-7-12-26)38(31)41-37(30)35(24)34-22-32(25(2)23-40(34)3)27-13-8-5-9-14-27/h4-23H,1-3H3/q+1. The fourth-order valence-corrected chi connectivity index (χ4v) is 6.01. The first-order valence-corrected chi connectivity index (χ1v) is 13.9. The number of aromatic nitrogens is 1. The first-order valence-electron chi connectivity index (χ1n) is 13.9. The number of nitrogens with zero attached hydrogens (tertiary/aromatic N) is 1. The van der Waals surface area contributed by atoms with E-state index in [1.165, 1.54) is 16.7 Å². The van der Waals surface area contributed by atoms with E-state index >= 15 is 4.39 Å². The van der Waals surface area contributed by atoms with Gasteiger partial charge in [0.1, 0.15) is 24.0 Å². The second kappa shape index (κ2) is 9.87. The van der Waals surface area contributed by atoms with Gasteiger partial charge in [0.05, 0.1) is 11.1 Å². The maximum Gasteiger partial charge on any atom is 0.216 e. The molecule has 0 aliphatic rings. The Hall–Kier alpha value is -5.02. The summed E-state index contributed by atoms with van der Waals surface area (Å²) in [5, 5.41) is 1.88. The highest BCUT2D eigenvalue weighted by molar-refractivity contribution is 6.13. The van der Waals surface area contributed by atoms with E-state index < -0.39 is 0 Å². The molecule has 0 unspecified atom stereocenters. The van der Waals surface area contributed by atoms with Gasteiger partial charge in [-0.3, -0.25) is 0 Å². The van der Waals surface area contributed by atoms with Gasteiger partial charge < -0.3 is 4.42 Å². The van der Waals surface area contributed by atoms with E-state index in [-0.39, 0.29) is 5.82 Å². The summed E-state index contributed by atoms with van der Waals surface area (Å²) in [7, 11) is 2.07. The molecule has 0 N–H and O–H groups in total. The van der Waals surface area contributed by atoms with Gasteiger partial charge in [-0.1, -0.05) is 91.0 Å². The normalized spacial score (nSPS) is 11.4. The minimum Gasteiger partial charge on any atom is -0.454 e. The predicted molar refractivity (Wildman–Crippen MR) is 166 cm³/mol. The van der Waals surface area contributed by atoms with E-state index in [9.17, 15) is 0 Å². The average Bonchev–Trinajstić information content (AvgIpc) is 3.37. The number of fused-ring (bicyclic) bond motifs is 3. The number of halogens is 1. The molecule has 0 saturated heterocycles. The molecule has 0 bridgehead atoms. The van der Waals surface area contributed by atoms with Crippen molar-refractivity contribution in [3.8, 4) is 44.6 Å². The Balaban J connectivity index is 1.48. The number of aryl methyl sites for hydroxylation is 3. The first-order chi connectivity index (χ1) is 20.0. The Morgan fingerprint density at radius 1 is 0.561 bits per heavy atom. The minimum atomic E-state index is -0.299. The van der Waals surface area contributed by atoms with Crippen molar-refractivity contribution in [1.29, 1.82) is 0 Å². The van der Waals surface area contributed by atoms with E-state index in [2.05, 4.69) is 92.3 Å². The molecule has 0 aliphatic carbocycles. The molecule has 5 aromatic carbocycles. The van der Waals surface area contributed by atoms with Gasteiger partial charge in [-0.2, -0.15) is 0 Å². The zero-order chi connectivity index (χ0) is 28.1. The molecule has 198 valence electrons. The van der Waals surface area contributed by atoms with Crippen LogP contribution in [0.2, 0.25) is 0 Å². The molecule has 0 aliphatic heterocycles. The van der Waals surface area contributed by atoms with Crippen molar-refractivity contribution in [1.82, 2.24) is 0 Å². The quantitative estimate of drug-likeness (QED) is 0.205. The Bertz CT molecular complexity index is 2070. The van der Waals surface area contributed by atoms with E-state index in [4.69, 9.17) is 4.42 Å². The Morgan fingerprint density at radius 3 is 1.90 bits per heavy atom. The second-order valence-electron chi connectivity index (χ2n) is 10.7. The van der Waals surface area contributed by atoms with Gasteiger partial charge in [-0.15, -0.1) is 0 Å². The van der Waals surface area contributed by atoms with Crippen LogP contribution in [-0.4, -0.2) is 0 Å². The van der Waals surface area contributed by atoms with Crippen molar-refractivity contribution in [2.75, 3.05) is 0 Å². The molecule has 2 nitrogen and oxygen atoms in total. The van der Waals surface area contributed by atoms with Crippen LogP contribution in [0.1, 0.15) is 11.1 Å². The molecule has 7 rings (SSSR count). The lowest BCUT2D eigenvalue weighted by atomic mass is 9.95. The second-order valence-corrected chi connectivity index (χ2v) is 10.7. The fourth-order valence-electron chi connectivity index (χ4n) is 6.01. The van der Waals surface area contributed by atoms with Crippen LogP contribution in [0.4, 0.5) is 4.39 Å². The average molecular weight is 535 g/mol. The summed E-state index contributed by atoms with van der Waals surface area (Å²) in [6.07, 6.45) is 2.17. The fraction of sp³-hybridized carbons (Fsp3) is 0.0789. The van der Waals surface area contributed by atoms with E-state index in [1.807, 2.05) is 48.5 Å². The van der Waals surface area contributed by atoms with Gasteiger partial charge in [-0.25, -0.2) is 8.96 Å². The van der Waals surface area contributed by atoms with Crippen LogP contribution in [-0.2, 0) is 7.05 Å². The first kappa shape index (κ1) is 25.0. The van der Waals surface area contributed by atoms with Crippen LogP contribution in [0, 0.1) is 19.7 Å². The van der Waals surface area contributed by atoms with Crippen molar-refractivity contribution in [2.45, 2.75) is 13.8 Å². The maximum absolute atomic E-state index is 15.7. The molecular formula is C38H29FNO+. The Labute approximate surface area is 239 Å². The zero-order valence-corrected chi connectivity index (χ0v) is 23.3. The monoisotopic (exact) mass is 534 g/mol. The zero-order valence-electron chi connectivity index (χ0n) is 23.3. The summed E-state index contributed by atoms with van der Waals surface area (Å²) in [5.74, 6) is -0.299. The number of pyridine rings is 1. The Morgan fingerprint density at radius 2 is 1.17 bits per heavy atom. The molecule has 2 aromatic heterocycles. The Kier molecular flexibility index (Phi) is 6.01. The van der Waals surface area contributed by atoms with Crippen LogP contribution < -0.4 is 4.57 Å². The van der Waals surface area contributed by atoms with Crippen LogP contribution in [0.5, 0.6) is 0 Å². The highest BCUT2D eigenvalue weighted by Gasteiger charge is 2.24. The minimum absolute atomic E-state index is 0.299. The van der Waals surface area contributed by atoms with E-state index in [0.29, 0.717) is 11.1 Å². The van der Waals surface area contributed by atoms with Gasteiger partial charge in [-0.05, 0) is 65.4 Å². The number of hydrogen-bond acceptors (Lipinski definition) is 1. The van der Waals surface area contributed by atoms with Crippen molar-refractivity contribution >= 4 is 21.9 Å². The van der Waals surface area contributed by atoms with E-state index in [1.54, 1.807) is 6.07 Å². The van der Waals surface area contributed by atoms with Gasteiger partial charge in [0, 0.05) is 22.4 Å². The predicted octanol–water partition coefficient (Wildman–Crippen LogP) is 9.83. The summed E-state index contributed by atoms with van der Waals surface area (Å²) in [4.78, 5) is 0. The van der Waals surface area contributed by atoms with Crippen molar-refractivity contribution in [3.05, 3.63) is 138 Å². The SMILES string of the molecule is Cc1c[n+](C)c(-c2c(C)ccc3c2oc2c(-c4cccc(-c5ccccc5)c4)c(F)ccc23)cc1-c1ccccc1. The summed E-state index contributed by atoms with van der Waals surface area (Å²) < 4.78 is 24.5. The van der Waals surface area contributed by atoms with Crippen LogP contribution in [0.3, 0.4) is 0 Å². The number of hydrogen-bond donors (Lipinski definition) is 0. The third-order valence-corrected chi connectivity index (χ3v) is 8.04. The molecule has 0 fully saturated rings. The number of benzene rings is 5. The van der Waals surface area contributed by atoms with Crippen molar-refractivity contribution in [2.24, 2.45) is 7.05 Å². The van der Waals surface area contributed by atoms with Crippen molar-refractivity contribution in [3.63, 3.8) is 0 Å². The van der Waals surface area contributed by atoms with Gasteiger partial charge in [0.15, 0.2) is 6.20 Å². The number of furan rings is 1. The van der Waals surface area contributed by atoms with Crippen molar-refractivity contribution < 1.29 is 13.4 Å². The van der Waals surface area contributed by atoms with Gasteiger partial charge in [0.2, 0.25) is 5.69 Å². The molecule has 41 heavy (non-hydrogen) atoms. The summed E-state index contributed by atoms with van der Waals surface area (Å²) in [6, 6.07) is 38.5. The third-order valence-electron chi connectivity index (χ3n) is 8.04. The molecule has 0 atom stereocenters. The lowest BCUT2D eigenvalue weighted by molar-refractivity contribution is -0.660. The maximum atomic E-state index is 15.7. The van der Waals surface area contributed by atoms with Crippen LogP contribution >= 0.6 is 0 Å². The molecule has 0 radical (unpaired) electrons. The highest BCUT2D eigenvalue weighted by Crippen LogP contribution is 2.42. The molecule has 0 spiro atoms. The van der Waals surface area contributed by atoms with Gasteiger partial charge >= 0.3 is 0 Å². The number of rotatable bonds is 4. The molecule has 0 amide bonds. The molecule has 3 heteroatoms. The molecule has 2 heterocycles. The van der Waals surface area contributed by atoms with E-state index in [0.717, 1.165) is 49.9 Å². The van der Waals surface area contributed by atoms with Crippen LogP contribution in [0.25, 0.3) is 66.6 Å². The summed E-state index contributed by atoms with van der Waals surface area (Å²) in [5.41, 5.74) is 11.4. The molecule has 0 saturated carbocycles.